The SMILES string of the molecule is Cc1c(F)cccc1[C@@H](C)Nc1nnc(C)c2cnc(N3CCN4CCOC[C@@H]4C3)cc12. The third kappa shape index (κ3) is 3.89. The number of benzene rings is 1. The zero-order valence-electron chi connectivity index (χ0n) is 18.8. The quantitative estimate of drug-likeness (QED) is 0.672. The molecule has 2 fully saturated rings. The van der Waals surface area contributed by atoms with Gasteiger partial charge in [-0.3, -0.25) is 4.90 Å². The van der Waals surface area contributed by atoms with E-state index in [1.807, 2.05) is 26.1 Å². The second-order valence-corrected chi connectivity index (χ2v) is 8.75. The number of aromatic nitrogens is 3. The van der Waals surface area contributed by atoms with Gasteiger partial charge in [0.2, 0.25) is 0 Å². The molecule has 0 saturated carbocycles. The Labute approximate surface area is 187 Å². The summed E-state index contributed by atoms with van der Waals surface area (Å²) >= 11 is 0. The number of piperazine rings is 1. The summed E-state index contributed by atoms with van der Waals surface area (Å²) in [6.45, 7) is 11.2. The van der Waals surface area contributed by atoms with Gasteiger partial charge in [0, 0.05) is 43.1 Å². The molecule has 0 bridgehead atoms. The molecule has 4 heterocycles. The van der Waals surface area contributed by atoms with E-state index >= 15 is 0 Å². The van der Waals surface area contributed by atoms with Gasteiger partial charge in [-0.1, -0.05) is 12.1 Å². The molecule has 32 heavy (non-hydrogen) atoms. The van der Waals surface area contributed by atoms with Crippen LogP contribution in [0.25, 0.3) is 10.8 Å². The number of nitrogens with zero attached hydrogens (tertiary/aromatic N) is 5. The van der Waals surface area contributed by atoms with Crippen LogP contribution < -0.4 is 10.2 Å². The largest absolute Gasteiger partial charge is 0.378 e. The monoisotopic (exact) mass is 436 g/mol. The van der Waals surface area contributed by atoms with E-state index < -0.39 is 0 Å². The Kier molecular flexibility index (Phi) is 5.65. The van der Waals surface area contributed by atoms with E-state index in [0.29, 0.717) is 17.4 Å². The number of aryl methyl sites for hydroxylation is 1. The van der Waals surface area contributed by atoms with E-state index in [1.165, 1.54) is 6.07 Å². The summed E-state index contributed by atoms with van der Waals surface area (Å²) in [7, 11) is 0. The Hall–Kier alpha value is -2.84. The molecule has 1 N–H and O–H groups in total. The highest BCUT2D eigenvalue weighted by atomic mass is 19.1. The molecule has 2 aliphatic rings. The van der Waals surface area contributed by atoms with Gasteiger partial charge < -0.3 is 15.0 Å². The lowest BCUT2D eigenvalue weighted by Crippen LogP contribution is -2.58. The third-order valence-electron chi connectivity index (χ3n) is 6.73. The van der Waals surface area contributed by atoms with E-state index in [4.69, 9.17) is 9.72 Å². The Morgan fingerprint density at radius 2 is 2.03 bits per heavy atom. The van der Waals surface area contributed by atoms with Crippen molar-refractivity contribution in [3.8, 4) is 0 Å². The van der Waals surface area contributed by atoms with Crippen molar-refractivity contribution in [3.63, 3.8) is 0 Å². The minimum Gasteiger partial charge on any atom is -0.378 e. The van der Waals surface area contributed by atoms with Crippen LogP contribution >= 0.6 is 0 Å². The molecule has 1 aromatic carbocycles. The highest BCUT2D eigenvalue weighted by Gasteiger charge is 2.30. The Morgan fingerprint density at radius 3 is 2.91 bits per heavy atom. The van der Waals surface area contributed by atoms with Gasteiger partial charge in [-0.15, -0.1) is 5.10 Å². The fourth-order valence-corrected chi connectivity index (χ4v) is 4.77. The van der Waals surface area contributed by atoms with Crippen LogP contribution in [0.3, 0.4) is 0 Å². The Bertz CT molecular complexity index is 1140. The van der Waals surface area contributed by atoms with E-state index in [2.05, 4.69) is 31.4 Å². The number of pyridine rings is 1. The Balaban J connectivity index is 1.46. The third-order valence-corrected chi connectivity index (χ3v) is 6.73. The van der Waals surface area contributed by atoms with Gasteiger partial charge in [0.05, 0.1) is 31.0 Å². The summed E-state index contributed by atoms with van der Waals surface area (Å²) in [5.74, 6) is 1.42. The fourth-order valence-electron chi connectivity index (χ4n) is 4.77. The molecule has 168 valence electrons. The van der Waals surface area contributed by atoms with Crippen LogP contribution in [0.15, 0.2) is 30.5 Å². The number of rotatable bonds is 4. The number of morpholine rings is 1. The summed E-state index contributed by atoms with van der Waals surface area (Å²) in [4.78, 5) is 9.59. The van der Waals surface area contributed by atoms with Gasteiger partial charge in [0.1, 0.15) is 11.6 Å². The number of fused-ring (bicyclic) bond motifs is 2. The highest BCUT2D eigenvalue weighted by Crippen LogP contribution is 2.30. The second kappa shape index (κ2) is 8.60. The van der Waals surface area contributed by atoms with Crippen molar-refractivity contribution in [1.29, 1.82) is 0 Å². The van der Waals surface area contributed by atoms with Gasteiger partial charge in [-0.2, -0.15) is 5.10 Å². The van der Waals surface area contributed by atoms with E-state index in [9.17, 15) is 4.39 Å². The number of hydrogen-bond acceptors (Lipinski definition) is 7. The first-order valence-corrected chi connectivity index (χ1v) is 11.2. The zero-order valence-corrected chi connectivity index (χ0v) is 18.8. The number of ether oxygens (including phenoxy) is 1. The molecule has 0 radical (unpaired) electrons. The number of hydrogen-bond donors (Lipinski definition) is 1. The molecule has 2 aliphatic heterocycles. The lowest BCUT2D eigenvalue weighted by Gasteiger charge is -2.44. The minimum absolute atomic E-state index is 0.120. The van der Waals surface area contributed by atoms with Crippen molar-refractivity contribution < 1.29 is 9.13 Å². The predicted molar refractivity (Wildman–Crippen MR) is 124 cm³/mol. The first-order chi connectivity index (χ1) is 15.5. The van der Waals surface area contributed by atoms with Crippen molar-refractivity contribution in [2.75, 3.05) is 49.6 Å². The summed E-state index contributed by atoms with van der Waals surface area (Å²) in [5, 5.41) is 14.2. The maximum Gasteiger partial charge on any atom is 0.157 e. The Morgan fingerprint density at radius 1 is 1.16 bits per heavy atom. The molecule has 0 amide bonds. The molecule has 0 spiro atoms. The standard InChI is InChI=1S/C24H29FN6O/c1-15-19(5-4-6-22(15)25)16(2)27-24-20-11-23(26-12-21(20)17(3)28-29-24)31-8-7-30-9-10-32-14-18(30)13-31/h4-6,11-12,16,18H,7-10,13-14H2,1-3H3,(H,27,29)/t16-,18+/m1/s1. The number of nitrogens with one attached hydrogen (secondary N) is 1. The maximum absolute atomic E-state index is 14.1. The molecule has 2 aromatic heterocycles. The molecule has 0 aliphatic carbocycles. The normalized spacial score (nSPS) is 20.2. The molecule has 3 aromatic rings. The van der Waals surface area contributed by atoms with Crippen molar-refractivity contribution in [3.05, 3.63) is 53.1 Å². The average Bonchev–Trinajstić information content (AvgIpc) is 2.82. The lowest BCUT2D eigenvalue weighted by atomic mass is 10.0. The summed E-state index contributed by atoms with van der Waals surface area (Å²) in [5.41, 5.74) is 2.39. The molecule has 5 rings (SSSR count). The van der Waals surface area contributed by atoms with Crippen molar-refractivity contribution in [2.24, 2.45) is 0 Å². The van der Waals surface area contributed by atoms with Crippen LogP contribution in [0.1, 0.15) is 29.8 Å². The van der Waals surface area contributed by atoms with Gasteiger partial charge >= 0.3 is 0 Å². The summed E-state index contributed by atoms with van der Waals surface area (Å²) in [6, 6.07) is 7.56. The molecule has 2 atom stereocenters. The van der Waals surface area contributed by atoms with Crippen LogP contribution in [0.2, 0.25) is 0 Å². The van der Waals surface area contributed by atoms with E-state index in [1.54, 1.807) is 13.0 Å². The highest BCUT2D eigenvalue weighted by molar-refractivity contribution is 5.94. The maximum atomic E-state index is 14.1. The summed E-state index contributed by atoms with van der Waals surface area (Å²) in [6.07, 6.45) is 1.89. The van der Waals surface area contributed by atoms with Crippen molar-refractivity contribution in [1.82, 2.24) is 20.1 Å². The average molecular weight is 437 g/mol. The van der Waals surface area contributed by atoms with Crippen LogP contribution in [0, 0.1) is 19.7 Å². The van der Waals surface area contributed by atoms with Gasteiger partial charge in [0.25, 0.3) is 0 Å². The smallest absolute Gasteiger partial charge is 0.157 e. The van der Waals surface area contributed by atoms with Crippen LogP contribution in [-0.2, 0) is 4.74 Å². The van der Waals surface area contributed by atoms with E-state index in [0.717, 1.165) is 67.2 Å². The predicted octanol–water partition coefficient (Wildman–Crippen LogP) is 3.47. The molecular weight excluding hydrogens is 407 g/mol. The van der Waals surface area contributed by atoms with Crippen LogP contribution in [0.4, 0.5) is 16.0 Å². The molecule has 8 heteroatoms. The van der Waals surface area contributed by atoms with Crippen LogP contribution in [-0.4, -0.2) is 65.5 Å². The topological polar surface area (TPSA) is 66.4 Å². The minimum atomic E-state index is -0.201. The van der Waals surface area contributed by atoms with Gasteiger partial charge in [-0.05, 0) is 44.0 Å². The molecule has 0 unspecified atom stereocenters. The zero-order chi connectivity index (χ0) is 22.2. The van der Waals surface area contributed by atoms with Crippen molar-refractivity contribution >= 4 is 22.4 Å². The number of halogens is 1. The first-order valence-electron chi connectivity index (χ1n) is 11.2. The van der Waals surface area contributed by atoms with E-state index in [-0.39, 0.29) is 11.9 Å². The molecule has 7 nitrogen and oxygen atoms in total. The molecule has 2 saturated heterocycles. The van der Waals surface area contributed by atoms with Gasteiger partial charge in [0.15, 0.2) is 5.82 Å². The first kappa shape index (κ1) is 21.0. The lowest BCUT2D eigenvalue weighted by molar-refractivity contribution is -0.0117. The number of anilines is 2. The van der Waals surface area contributed by atoms with Crippen LogP contribution in [0.5, 0.6) is 0 Å². The second-order valence-electron chi connectivity index (χ2n) is 8.75. The summed E-state index contributed by atoms with van der Waals surface area (Å²) < 4.78 is 19.8. The van der Waals surface area contributed by atoms with Gasteiger partial charge in [-0.25, -0.2) is 9.37 Å². The molecular formula is C24H29FN6O. The fraction of sp³-hybridized carbons (Fsp3) is 0.458. The van der Waals surface area contributed by atoms with Crippen molar-refractivity contribution in [2.45, 2.75) is 32.9 Å².